The Morgan fingerprint density at radius 1 is 1.36 bits per heavy atom. The summed E-state index contributed by atoms with van der Waals surface area (Å²) in [5, 5.41) is 3.77. The molecule has 0 atom stereocenters. The van der Waals surface area contributed by atoms with Gasteiger partial charge < -0.3 is 10.3 Å². The highest BCUT2D eigenvalue weighted by atomic mass is 32.2. The molecule has 22 heavy (non-hydrogen) atoms. The molecule has 1 fully saturated rings. The van der Waals surface area contributed by atoms with Gasteiger partial charge in [0.25, 0.3) is 5.91 Å². The van der Waals surface area contributed by atoms with Gasteiger partial charge >= 0.3 is 5.69 Å². The van der Waals surface area contributed by atoms with Gasteiger partial charge in [-0.2, -0.15) is 11.8 Å². The fourth-order valence-corrected chi connectivity index (χ4v) is 3.77. The molecule has 2 aromatic rings. The quantitative estimate of drug-likeness (QED) is 0.802. The molecule has 0 spiro atoms. The number of nitrogens with one attached hydrogen (secondary N) is 3. The standard InChI is InChI=1S/C15H20N4O2S/c1-22-10-4-2-9(3-5-10)8-17-14(20)11-6-7-16-13-12(11)18-15(21)19-13/h6-7,9-10H,2-5,8H2,1H3,(H,17,20)(H2,16,18,19,21). The molecule has 2 heterocycles. The second kappa shape index (κ2) is 6.56. The number of carbonyl (C=O) groups excluding carboxylic acids is 1. The van der Waals surface area contributed by atoms with Crippen molar-refractivity contribution in [2.45, 2.75) is 30.9 Å². The molecule has 6 nitrogen and oxygen atoms in total. The molecule has 2 aromatic heterocycles. The third-order valence-corrected chi connectivity index (χ3v) is 5.48. The minimum absolute atomic E-state index is 0.158. The van der Waals surface area contributed by atoms with Crippen molar-refractivity contribution < 1.29 is 4.79 Å². The van der Waals surface area contributed by atoms with Gasteiger partial charge in [0.2, 0.25) is 0 Å². The van der Waals surface area contributed by atoms with E-state index in [1.54, 1.807) is 6.07 Å². The van der Waals surface area contributed by atoms with E-state index in [4.69, 9.17) is 0 Å². The molecule has 0 saturated heterocycles. The molecule has 118 valence electrons. The highest BCUT2D eigenvalue weighted by molar-refractivity contribution is 7.99. The number of pyridine rings is 1. The van der Waals surface area contributed by atoms with Crippen molar-refractivity contribution in [3.63, 3.8) is 0 Å². The Kier molecular flexibility index (Phi) is 4.52. The predicted octanol–water partition coefficient (Wildman–Crippen LogP) is 1.90. The van der Waals surface area contributed by atoms with Crippen LogP contribution in [0.4, 0.5) is 0 Å². The fraction of sp³-hybridized carbons (Fsp3) is 0.533. The summed E-state index contributed by atoms with van der Waals surface area (Å²) in [6.45, 7) is 0.693. The van der Waals surface area contributed by atoms with Crippen LogP contribution in [-0.2, 0) is 0 Å². The van der Waals surface area contributed by atoms with E-state index in [1.165, 1.54) is 31.9 Å². The third-order valence-electron chi connectivity index (χ3n) is 4.34. The number of aromatic nitrogens is 3. The molecule has 1 aliphatic carbocycles. The second-order valence-corrected chi connectivity index (χ2v) is 6.89. The number of aromatic amines is 2. The minimum Gasteiger partial charge on any atom is -0.352 e. The lowest BCUT2D eigenvalue weighted by atomic mass is 9.89. The van der Waals surface area contributed by atoms with Crippen LogP contribution in [-0.4, -0.2) is 38.9 Å². The molecule has 0 unspecified atom stereocenters. The number of hydrogen-bond acceptors (Lipinski definition) is 4. The average Bonchev–Trinajstić information content (AvgIpc) is 2.93. The lowest BCUT2D eigenvalue weighted by molar-refractivity contribution is 0.0945. The first-order chi connectivity index (χ1) is 10.7. The van der Waals surface area contributed by atoms with E-state index in [1.807, 2.05) is 11.8 Å². The van der Waals surface area contributed by atoms with Gasteiger partial charge in [0.1, 0.15) is 0 Å². The van der Waals surface area contributed by atoms with Gasteiger partial charge in [0.05, 0.1) is 11.1 Å². The van der Waals surface area contributed by atoms with Crippen molar-refractivity contribution in [2.75, 3.05) is 12.8 Å². The maximum absolute atomic E-state index is 12.4. The van der Waals surface area contributed by atoms with Crippen LogP contribution in [0.5, 0.6) is 0 Å². The van der Waals surface area contributed by atoms with Crippen LogP contribution in [0.2, 0.25) is 0 Å². The van der Waals surface area contributed by atoms with Crippen molar-refractivity contribution >= 4 is 28.8 Å². The van der Waals surface area contributed by atoms with Crippen LogP contribution < -0.4 is 11.0 Å². The van der Waals surface area contributed by atoms with Crippen molar-refractivity contribution in [2.24, 2.45) is 5.92 Å². The summed E-state index contributed by atoms with van der Waals surface area (Å²) in [5.41, 5.74) is 0.994. The zero-order chi connectivity index (χ0) is 15.5. The number of fused-ring (bicyclic) bond motifs is 1. The first-order valence-electron chi connectivity index (χ1n) is 7.55. The molecule has 3 rings (SSSR count). The number of carbonyl (C=O) groups is 1. The summed E-state index contributed by atoms with van der Waals surface area (Å²) in [7, 11) is 0. The lowest BCUT2D eigenvalue weighted by Crippen LogP contribution is -2.31. The molecule has 0 aliphatic heterocycles. The summed E-state index contributed by atoms with van der Waals surface area (Å²) < 4.78 is 0. The van der Waals surface area contributed by atoms with Crippen LogP contribution in [0.3, 0.4) is 0 Å². The van der Waals surface area contributed by atoms with Crippen molar-refractivity contribution in [3.05, 3.63) is 28.3 Å². The average molecular weight is 320 g/mol. The van der Waals surface area contributed by atoms with Gasteiger partial charge in [0, 0.05) is 18.0 Å². The van der Waals surface area contributed by atoms with Gasteiger partial charge in [-0.1, -0.05) is 0 Å². The van der Waals surface area contributed by atoms with Gasteiger partial charge in [0.15, 0.2) is 5.65 Å². The highest BCUT2D eigenvalue weighted by Gasteiger charge is 2.21. The summed E-state index contributed by atoms with van der Waals surface area (Å²) in [6, 6.07) is 1.63. The summed E-state index contributed by atoms with van der Waals surface area (Å²) in [6.07, 6.45) is 8.49. The first kappa shape index (κ1) is 15.1. The number of H-pyrrole nitrogens is 2. The largest absolute Gasteiger partial charge is 0.352 e. The Morgan fingerprint density at radius 3 is 2.86 bits per heavy atom. The number of thioether (sulfide) groups is 1. The molecular formula is C15H20N4O2S. The van der Waals surface area contributed by atoms with Gasteiger partial charge in [-0.3, -0.25) is 9.78 Å². The molecule has 0 aromatic carbocycles. The minimum atomic E-state index is -0.349. The Labute approximate surface area is 132 Å². The number of rotatable bonds is 4. The van der Waals surface area contributed by atoms with Crippen molar-refractivity contribution in [1.82, 2.24) is 20.3 Å². The maximum Gasteiger partial charge on any atom is 0.325 e. The first-order valence-corrected chi connectivity index (χ1v) is 8.84. The van der Waals surface area contributed by atoms with Gasteiger partial charge in [-0.15, -0.1) is 0 Å². The summed E-state index contributed by atoms with van der Waals surface area (Å²) in [4.78, 5) is 32.9. The second-order valence-electron chi connectivity index (χ2n) is 5.75. The summed E-state index contributed by atoms with van der Waals surface area (Å²) in [5.74, 6) is 0.393. The number of amides is 1. The Hall–Kier alpha value is -1.76. The normalized spacial score (nSPS) is 21.9. The number of hydrogen-bond donors (Lipinski definition) is 3. The fourth-order valence-electron chi connectivity index (χ4n) is 3.03. The van der Waals surface area contributed by atoms with E-state index in [0.717, 1.165) is 5.25 Å². The van der Waals surface area contributed by atoms with E-state index >= 15 is 0 Å². The SMILES string of the molecule is CSC1CCC(CNC(=O)c2ccnc3[nH]c(=O)[nH]c23)CC1. The number of nitrogens with zero attached hydrogens (tertiary/aromatic N) is 1. The summed E-state index contributed by atoms with van der Waals surface area (Å²) >= 11 is 1.94. The van der Waals surface area contributed by atoms with Crippen molar-refractivity contribution in [1.29, 1.82) is 0 Å². The van der Waals surface area contributed by atoms with Crippen LogP contribution >= 0.6 is 11.8 Å². The van der Waals surface area contributed by atoms with E-state index in [0.29, 0.717) is 29.2 Å². The third kappa shape index (κ3) is 3.19. The topological polar surface area (TPSA) is 90.6 Å². The maximum atomic E-state index is 12.4. The smallest absolute Gasteiger partial charge is 0.325 e. The van der Waals surface area contributed by atoms with Crippen LogP contribution in [0.15, 0.2) is 17.1 Å². The highest BCUT2D eigenvalue weighted by Crippen LogP contribution is 2.30. The van der Waals surface area contributed by atoms with Gasteiger partial charge in [-0.05, 0) is 43.9 Å². The molecule has 0 bridgehead atoms. The van der Waals surface area contributed by atoms with E-state index in [2.05, 4.69) is 26.5 Å². The lowest BCUT2D eigenvalue weighted by Gasteiger charge is -2.27. The monoisotopic (exact) mass is 320 g/mol. The Balaban J connectivity index is 1.63. The van der Waals surface area contributed by atoms with Crippen LogP contribution in [0.25, 0.3) is 11.2 Å². The van der Waals surface area contributed by atoms with Crippen LogP contribution in [0.1, 0.15) is 36.0 Å². The Bertz CT molecular complexity index is 716. The molecule has 0 radical (unpaired) electrons. The van der Waals surface area contributed by atoms with Crippen molar-refractivity contribution in [3.8, 4) is 0 Å². The molecule has 1 saturated carbocycles. The van der Waals surface area contributed by atoms with Gasteiger partial charge in [-0.25, -0.2) is 9.78 Å². The molecule has 7 heteroatoms. The van der Waals surface area contributed by atoms with Crippen LogP contribution in [0, 0.1) is 5.92 Å². The van der Waals surface area contributed by atoms with E-state index in [9.17, 15) is 9.59 Å². The molecule has 1 amide bonds. The molecule has 3 N–H and O–H groups in total. The van der Waals surface area contributed by atoms with E-state index < -0.39 is 0 Å². The molecule has 1 aliphatic rings. The Morgan fingerprint density at radius 2 is 2.14 bits per heavy atom. The van der Waals surface area contributed by atoms with E-state index in [-0.39, 0.29) is 11.6 Å². The zero-order valence-corrected chi connectivity index (χ0v) is 13.3. The zero-order valence-electron chi connectivity index (χ0n) is 12.5. The number of imidazole rings is 1. The predicted molar refractivity (Wildman–Crippen MR) is 88.3 cm³/mol. The molecular weight excluding hydrogens is 300 g/mol.